The summed E-state index contributed by atoms with van der Waals surface area (Å²) in [5.74, 6) is -3.72. The van der Waals surface area contributed by atoms with Crippen LogP contribution in [0.3, 0.4) is 0 Å². The molecular weight excluding hydrogens is 301 g/mol. The predicted octanol–water partition coefficient (Wildman–Crippen LogP) is 3.14. The molecule has 0 aromatic heterocycles. The number of benzene rings is 2. The predicted molar refractivity (Wildman–Crippen MR) is 74.4 cm³/mol. The van der Waals surface area contributed by atoms with Crippen LogP contribution in [0.5, 0.6) is 5.75 Å². The number of aromatic hydroxyl groups is 1. The van der Waals surface area contributed by atoms with Crippen LogP contribution >= 0.6 is 11.6 Å². The van der Waals surface area contributed by atoms with E-state index in [1.807, 2.05) is 0 Å². The Balaban J connectivity index is 2.39. The summed E-state index contributed by atoms with van der Waals surface area (Å²) < 4.78 is 13.6. The van der Waals surface area contributed by atoms with E-state index in [4.69, 9.17) is 16.7 Å². The van der Waals surface area contributed by atoms with Crippen LogP contribution in [0.2, 0.25) is 5.02 Å². The zero-order valence-electron chi connectivity index (χ0n) is 10.4. The summed E-state index contributed by atoms with van der Waals surface area (Å²) in [4.78, 5) is 23.1. The molecule has 5 nitrogen and oxygen atoms in total. The number of nitrogens with one attached hydrogen (secondary N) is 1. The average molecular weight is 310 g/mol. The van der Waals surface area contributed by atoms with E-state index < -0.39 is 29.0 Å². The molecule has 7 heteroatoms. The monoisotopic (exact) mass is 309 g/mol. The van der Waals surface area contributed by atoms with E-state index in [0.29, 0.717) is 0 Å². The number of amides is 1. The molecule has 0 spiro atoms. The zero-order valence-corrected chi connectivity index (χ0v) is 11.2. The molecule has 0 fully saturated rings. The first-order valence-electron chi connectivity index (χ1n) is 5.72. The van der Waals surface area contributed by atoms with Gasteiger partial charge in [-0.15, -0.1) is 0 Å². The molecule has 0 radical (unpaired) electrons. The van der Waals surface area contributed by atoms with Crippen LogP contribution in [-0.4, -0.2) is 22.1 Å². The quantitative estimate of drug-likeness (QED) is 0.813. The molecule has 0 aliphatic heterocycles. The number of carbonyl (C=O) groups is 2. The SMILES string of the molecule is O=C(O)c1cc(Cl)ccc1NC(=O)c1c(O)cccc1F. The van der Waals surface area contributed by atoms with E-state index >= 15 is 0 Å². The van der Waals surface area contributed by atoms with Crippen LogP contribution in [0.25, 0.3) is 0 Å². The molecule has 2 aromatic carbocycles. The Bertz CT molecular complexity index is 713. The van der Waals surface area contributed by atoms with E-state index in [1.165, 1.54) is 18.2 Å². The Labute approximate surface area is 123 Å². The fraction of sp³-hybridized carbons (Fsp3) is 0. The minimum Gasteiger partial charge on any atom is -0.507 e. The van der Waals surface area contributed by atoms with Crippen molar-refractivity contribution in [2.75, 3.05) is 5.32 Å². The summed E-state index contributed by atoms with van der Waals surface area (Å²) in [5, 5.41) is 21.0. The van der Waals surface area contributed by atoms with E-state index in [-0.39, 0.29) is 16.3 Å². The van der Waals surface area contributed by atoms with Crippen molar-refractivity contribution in [2.24, 2.45) is 0 Å². The molecule has 0 saturated carbocycles. The van der Waals surface area contributed by atoms with Gasteiger partial charge in [-0.1, -0.05) is 17.7 Å². The van der Waals surface area contributed by atoms with Crippen LogP contribution < -0.4 is 5.32 Å². The first-order chi connectivity index (χ1) is 9.90. The second-order valence-corrected chi connectivity index (χ2v) is 4.52. The lowest BCUT2D eigenvalue weighted by molar-refractivity contribution is 0.0698. The molecular formula is C14H9ClFNO4. The fourth-order valence-electron chi connectivity index (χ4n) is 1.72. The minimum absolute atomic E-state index is 0.0560. The van der Waals surface area contributed by atoms with E-state index in [0.717, 1.165) is 18.2 Å². The van der Waals surface area contributed by atoms with Gasteiger partial charge in [0.1, 0.15) is 17.1 Å². The molecule has 2 aromatic rings. The Morgan fingerprint density at radius 2 is 1.90 bits per heavy atom. The summed E-state index contributed by atoms with van der Waals surface area (Å²) in [6.07, 6.45) is 0. The number of rotatable bonds is 3. The van der Waals surface area contributed by atoms with Gasteiger partial charge in [0.25, 0.3) is 5.91 Å². The van der Waals surface area contributed by atoms with Gasteiger partial charge in [0.2, 0.25) is 0 Å². The van der Waals surface area contributed by atoms with Gasteiger partial charge in [0, 0.05) is 5.02 Å². The summed E-state index contributed by atoms with van der Waals surface area (Å²) in [6, 6.07) is 7.21. The number of hydrogen-bond donors (Lipinski definition) is 3. The molecule has 0 heterocycles. The lowest BCUT2D eigenvalue weighted by atomic mass is 10.1. The molecule has 0 aliphatic carbocycles. The Kier molecular flexibility index (Phi) is 4.09. The topological polar surface area (TPSA) is 86.6 Å². The van der Waals surface area contributed by atoms with Crippen molar-refractivity contribution in [3.8, 4) is 5.75 Å². The fourth-order valence-corrected chi connectivity index (χ4v) is 1.90. The smallest absolute Gasteiger partial charge is 0.337 e. The molecule has 0 unspecified atom stereocenters. The maximum Gasteiger partial charge on any atom is 0.337 e. The largest absolute Gasteiger partial charge is 0.507 e. The van der Waals surface area contributed by atoms with Gasteiger partial charge in [-0.05, 0) is 30.3 Å². The van der Waals surface area contributed by atoms with Crippen molar-refractivity contribution < 1.29 is 24.2 Å². The van der Waals surface area contributed by atoms with Gasteiger partial charge in [-0.25, -0.2) is 9.18 Å². The molecule has 2 rings (SSSR count). The highest BCUT2D eigenvalue weighted by Gasteiger charge is 2.19. The van der Waals surface area contributed by atoms with Gasteiger partial charge < -0.3 is 15.5 Å². The number of phenolic OH excluding ortho intramolecular Hbond substituents is 1. The zero-order chi connectivity index (χ0) is 15.6. The number of anilines is 1. The van der Waals surface area contributed by atoms with E-state index in [9.17, 15) is 19.1 Å². The first kappa shape index (κ1) is 14.8. The van der Waals surface area contributed by atoms with Crippen LogP contribution in [-0.2, 0) is 0 Å². The number of carboxylic acid groups (broad SMARTS) is 1. The number of carboxylic acids is 1. The Morgan fingerprint density at radius 3 is 2.52 bits per heavy atom. The summed E-state index contributed by atoms with van der Waals surface area (Å²) >= 11 is 5.69. The lowest BCUT2D eigenvalue weighted by Crippen LogP contribution is -2.16. The minimum atomic E-state index is -1.30. The van der Waals surface area contributed by atoms with Crippen molar-refractivity contribution in [3.05, 3.63) is 58.4 Å². The number of phenols is 1. The maximum absolute atomic E-state index is 13.6. The van der Waals surface area contributed by atoms with Crippen molar-refractivity contribution in [3.63, 3.8) is 0 Å². The number of carbonyl (C=O) groups excluding carboxylic acids is 1. The number of aromatic carboxylic acids is 1. The average Bonchev–Trinajstić information content (AvgIpc) is 2.40. The van der Waals surface area contributed by atoms with Gasteiger partial charge in [-0.2, -0.15) is 0 Å². The van der Waals surface area contributed by atoms with Crippen molar-refractivity contribution >= 4 is 29.2 Å². The van der Waals surface area contributed by atoms with Crippen molar-refractivity contribution in [2.45, 2.75) is 0 Å². The maximum atomic E-state index is 13.6. The Hall–Kier alpha value is -2.60. The second kappa shape index (κ2) is 5.80. The van der Waals surface area contributed by atoms with E-state index in [1.54, 1.807) is 0 Å². The number of hydrogen-bond acceptors (Lipinski definition) is 3. The van der Waals surface area contributed by atoms with Crippen molar-refractivity contribution in [1.29, 1.82) is 0 Å². The third-order valence-corrected chi connectivity index (χ3v) is 2.91. The highest BCUT2D eigenvalue weighted by Crippen LogP contribution is 2.24. The lowest BCUT2D eigenvalue weighted by Gasteiger charge is -2.10. The highest BCUT2D eigenvalue weighted by molar-refractivity contribution is 6.31. The summed E-state index contributed by atoms with van der Waals surface area (Å²) in [6.45, 7) is 0. The van der Waals surface area contributed by atoms with Gasteiger partial charge in [0.05, 0.1) is 11.3 Å². The molecule has 0 atom stereocenters. The molecule has 108 valence electrons. The van der Waals surface area contributed by atoms with Crippen LogP contribution in [0, 0.1) is 5.82 Å². The van der Waals surface area contributed by atoms with E-state index in [2.05, 4.69) is 5.32 Å². The number of halogens is 2. The molecule has 0 saturated heterocycles. The Morgan fingerprint density at radius 1 is 1.19 bits per heavy atom. The van der Waals surface area contributed by atoms with Crippen LogP contribution in [0.4, 0.5) is 10.1 Å². The second-order valence-electron chi connectivity index (χ2n) is 4.08. The molecule has 0 aliphatic rings. The first-order valence-corrected chi connectivity index (χ1v) is 6.09. The van der Waals surface area contributed by atoms with Crippen LogP contribution in [0.1, 0.15) is 20.7 Å². The summed E-state index contributed by atoms with van der Waals surface area (Å²) in [5.41, 5.74) is -0.866. The summed E-state index contributed by atoms with van der Waals surface area (Å²) in [7, 11) is 0. The molecule has 1 amide bonds. The standard InChI is InChI=1S/C14H9ClFNO4/c15-7-4-5-10(8(6-7)14(20)21)17-13(19)12-9(16)2-1-3-11(12)18/h1-6,18H,(H,17,19)(H,20,21). The highest BCUT2D eigenvalue weighted by atomic mass is 35.5. The molecule has 0 bridgehead atoms. The molecule has 3 N–H and O–H groups in total. The normalized spacial score (nSPS) is 10.2. The van der Waals surface area contributed by atoms with Crippen molar-refractivity contribution in [1.82, 2.24) is 0 Å². The van der Waals surface area contributed by atoms with Crippen LogP contribution in [0.15, 0.2) is 36.4 Å². The van der Waals surface area contributed by atoms with Gasteiger partial charge in [0.15, 0.2) is 0 Å². The molecule has 21 heavy (non-hydrogen) atoms. The van der Waals surface area contributed by atoms with Gasteiger partial charge in [-0.3, -0.25) is 4.79 Å². The third kappa shape index (κ3) is 3.11. The third-order valence-electron chi connectivity index (χ3n) is 2.68. The van der Waals surface area contributed by atoms with Gasteiger partial charge >= 0.3 is 5.97 Å².